The molecule has 0 saturated carbocycles. The lowest BCUT2D eigenvalue weighted by Gasteiger charge is -2.12. The van der Waals surface area contributed by atoms with E-state index in [-0.39, 0.29) is 5.41 Å². The van der Waals surface area contributed by atoms with Crippen molar-refractivity contribution >= 4 is 11.8 Å². The van der Waals surface area contributed by atoms with Crippen molar-refractivity contribution < 1.29 is 4.42 Å². The molecule has 0 spiro atoms. The van der Waals surface area contributed by atoms with E-state index in [4.69, 9.17) is 4.42 Å². The van der Waals surface area contributed by atoms with E-state index in [9.17, 15) is 0 Å². The van der Waals surface area contributed by atoms with Gasteiger partial charge in [-0.1, -0.05) is 27.7 Å². The smallest absolute Gasteiger partial charge is 0.195 e. The summed E-state index contributed by atoms with van der Waals surface area (Å²) in [5, 5.41) is 0. The van der Waals surface area contributed by atoms with Gasteiger partial charge in [-0.3, -0.25) is 0 Å². The summed E-state index contributed by atoms with van der Waals surface area (Å²) in [5.41, 5.74) is 1.15. The third-order valence-electron chi connectivity index (χ3n) is 2.13. The molecule has 0 saturated heterocycles. The lowest BCUT2D eigenvalue weighted by molar-refractivity contribution is 0.498. The molecule has 0 N–H and O–H groups in total. The van der Waals surface area contributed by atoms with E-state index < -0.39 is 0 Å². The van der Waals surface area contributed by atoms with Crippen molar-refractivity contribution in [2.24, 2.45) is 0 Å². The standard InChI is InChI=1S/C12H21NOS/c1-5-7-15-8-6-11-13-10(9-14-11)12(2,3)4/h9H,5-8H2,1-4H3. The number of nitrogens with zero attached hydrogens (tertiary/aromatic N) is 1. The van der Waals surface area contributed by atoms with Crippen LogP contribution in [0.25, 0.3) is 0 Å². The van der Waals surface area contributed by atoms with Gasteiger partial charge in [-0.2, -0.15) is 11.8 Å². The van der Waals surface area contributed by atoms with Gasteiger partial charge in [0.2, 0.25) is 0 Å². The van der Waals surface area contributed by atoms with Crippen molar-refractivity contribution in [1.29, 1.82) is 0 Å². The molecule has 0 amide bonds. The molecular weight excluding hydrogens is 206 g/mol. The molecule has 1 aromatic rings. The topological polar surface area (TPSA) is 26.0 Å². The first-order valence-electron chi connectivity index (χ1n) is 5.56. The van der Waals surface area contributed by atoms with Gasteiger partial charge in [-0.05, 0) is 12.2 Å². The Bertz CT molecular complexity index is 288. The molecule has 0 bridgehead atoms. The molecule has 0 aliphatic carbocycles. The lowest BCUT2D eigenvalue weighted by atomic mass is 9.93. The van der Waals surface area contributed by atoms with Crippen LogP contribution in [0.5, 0.6) is 0 Å². The molecule has 15 heavy (non-hydrogen) atoms. The molecule has 1 heterocycles. The van der Waals surface area contributed by atoms with Gasteiger partial charge >= 0.3 is 0 Å². The number of aryl methyl sites for hydroxylation is 1. The van der Waals surface area contributed by atoms with E-state index in [2.05, 4.69) is 32.7 Å². The van der Waals surface area contributed by atoms with Crippen LogP contribution < -0.4 is 0 Å². The Morgan fingerprint density at radius 3 is 2.60 bits per heavy atom. The fourth-order valence-electron chi connectivity index (χ4n) is 1.18. The second kappa shape index (κ2) is 5.59. The van der Waals surface area contributed by atoms with Gasteiger partial charge < -0.3 is 4.42 Å². The maximum Gasteiger partial charge on any atom is 0.195 e. The zero-order valence-electron chi connectivity index (χ0n) is 10.2. The van der Waals surface area contributed by atoms with Crippen LogP contribution in [0.15, 0.2) is 10.7 Å². The van der Waals surface area contributed by atoms with Crippen LogP contribution in [0, 0.1) is 0 Å². The van der Waals surface area contributed by atoms with Crippen molar-refractivity contribution in [3.8, 4) is 0 Å². The van der Waals surface area contributed by atoms with Crippen LogP contribution in [-0.4, -0.2) is 16.5 Å². The van der Waals surface area contributed by atoms with Crippen LogP contribution in [0.4, 0.5) is 0 Å². The Hall–Kier alpha value is -0.440. The zero-order valence-corrected chi connectivity index (χ0v) is 11.0. The molecule has 0 radical (unpaired) electrons. The average Bonchev–Trinajstić information content (AvgIpc) is 2.60. The van der Waals surface area contributed by atoms with Crippen molar-refractivity contribution in [2.45, 2.75) is 46.0 Å². The number of thioether (sulfide) groups is 1. The minimum Gasteiger partial charge on any atom is -0.449 e. The summed E-state index contributed by atoms with van der Waals surface area (Å²) in [6.45, 7) is 8.66. The molecule has 1 rings (SSSR count). The zero-order chi connectivity index (χ0) is 11.3. The quantitative estimate of drug-likeness (QED) is 0.718. The summed E-state index contributed by atoms with van der Waals surface area (Å²) in [6.07, 6.45) is 3.98. The fourth-order valence-corrected chi connectivity index (χ4v) is 1.99. The van der Waals surface area contributed by atoms with Crippen molar-refractivity contribution in [1.82, 2.24) is 4.98 Å². The molecule has 0 aliphatic rings. The van der Waals surface area contributed by atoms with Gasteiger partial charge in [-0.25, -0.2) is 4.98 Å². The van der Waals surface area contributed by atoms with Crippen molar-refractivity contribution in [2.75, 3.05) is 11.5 Å². The fraction of sp³-hybridized carbons (Fsp3) is 0.750. The highest BCUT2D eigenvalue weighted by atomic mass is 32.2. The number of oxazole rings is 1. The van der Waals surface area contributed by atoms with Crippen LogP contribution in [-0.2, 0) is 11.8 Å². The molecule has 0 aliphatic heterocycles. The summed E-state index contributed by atoms with van der Waals surface area (Å²) in [5.74, 6) is 3.22. The molecule has 3 heteroatoms. The van der Waals surface area contributed by atoms with E-state index in [1.54, 1.807) is 6.26 Å². The first-order valence-corrected chi connectivity index (χ1v) is 6.72. The van der Waals surface area contributed by atoms with Gasteiger partial charge in [-0.15, -0.1) is 0 Å². The van der Waals surface area contributed by atoms with Crippen molar-refractivity contribution in [3.05, 3.63) is 17.8 Å². The Labute approximate surface area is 96.9 Å². The highest BCUT2D eigenvalue weighted by Crippen LogP contribution is 2.21. The number of aromatic nitrogens is 1. The van der Waals surface area contributed by atoms with Gasteiger partial charge in [0.15, 0.2) is 5.89 Å². The van der Waals surface area contributed by atoms with Crippen molar-refractivity contribution in [3.63, 3.8) is 0 Å². The van der Waals surface area contributed by atoms with Crippen LogP contribution in [0.2, 0.25) is 0 Å². The third kappa shape index (κ3) is 4.29. The summed E-state index contributed by atoms with van der Waals surface area (Å²) in [7, 11) is 0. The van der Waals surface area contributed by atoms with E-state index in [0.29, 0.717) is 0 Å². The third-order valence-corrected chi connectivity index (χ3v) is 3.32. The molecule has 2 nitrogen and oxygen atoms in total. The molecular formula is C12H21NOS. The second-order valence-corrected chi connectivity index (χ2v) is 5.96. The maximum absolute atomic E-state index is 5.45. The normalized spacial score (nSPS) is 12.0. The summed E-state index contributed by atoms with van der Waals surface area (Å²) >= 11 is 1.96. The maximum atomic E-state index is 5.45. The molecule has 0 atom stereocenters. The minimum atomic E-state index is 0.0955. The van der Waals surface area contributed by atoms with E-state index in [0.717, 1.165) is 23.8 Å². The van der Waals surface area contributed by atoms with Crippen LogP contribution >= 0.6 is 11.8 Å². The number of rotatable bonds is 5. The monoisotopic (exact) mass is 227 g/mol. The molecule has 0 fully saturated rings. The molecule has 0 unspecified atom stereocenters. The van der Waals surface area contributed by atoms with Gasteiger partial charge in [0, 0.05) is 17.6 Å². The first-order chi connectivity index (χ1) is 7.04. The Morgan fingerprint density at radius 1 is 1.33 bits per heavy atom. The van der Waals surface area contributed by atoms with Gasteiger partial charge in [0.25, 0.3) is 0 Å². The van der Waals surface area contributed by atoms with Crippen LogP contribution in [0.3, 0.4) is 0 Å². The Balaban J connectivity index is 2.40. The van der Waals surface area contributed by atoms with E-state index in [1.807, 2.05) is 11.8 Å². The summed E-state index contributed by atoms with van der Waals surface area (Å²) in [4.78, 5) is 4.50. The predicted molar refractivity (Wildman–Crippen MR) is 66.5 cm³/mol. The Morgan fingerprint density at radius 2 is 2.07 bits per heavy atom. The molecule has 1 aromatic heterocycles. The van der Waals surface area contributed by atoms with Gasteiger partial charge in [0.05, 0.1) is 5.69 Å². The molecule has 0 aromatic carbocycles. The largest absolute Gasteiger partial charge is 0.449 e. The lowest BCUT2D eigenvalue weighted by Crippen LogP contribution is -2.11. The van der Waals surface area contributed by atoms with Gasteiger partial charge in [0.1, 0.15) is 6.26 Å². The number of hydrogen-bond donors (Lipinski definition) is 0. The van der Waals surface area contributed by atoms with E-state index in [1.165, 1.54) is 12.2 Å². The molecule has 86 valence electrons. The number of hydrogen-bond acceptors (Lipinski definition) is 3. The summed E-state index contributed by atoms with van der Waals surface area (Å²) in [6, 6.07) is 0. The highest BCUT2D eigenvalue weighted by Gasteiger charge is 2.18. The Kier molecular flexibility index (Phi) is 4.71. The SMILES string of the molecule is CCCSCCc1nc(C(C)(C)C)co1. The average molecular weight is 227 g/mol. The first kappa shape index (κ1) is 12.6. The predicted octanol–water partition coefficient (Wildman–Crippen LogP) is 3.66. The second-order valence-electron chi connectivity index (χ2n) is 4.74. The van der Waals surface area contributed by atoms with E-state index >= 15 is 0 Å². The van der Waals surface area contributed by atoms with Crippen LogP contribution in [0.1, 0.15) is 45.7 Å². The minimum absolute atomic E-state index is 0.0955. The highest BCUT2D eigenvalue weighted by molar-refractivity contribution is 7.99. The summed E-state index contributed by atoms with van der Waals surface area (Å²) < 4.78 is 5.45.